The lowest BCUT2D eigenvalue weighted by molar-refractivity contribution is 0.0941. The molecule has 140 valence electrons. The van der Waals surface area contributed by atoms with Gasteiger partial charge in [-0.05, 0) is 68.8 Å². The lowest BCUT2D eigenvalue weighted by Crippen LogP contribution is -2.31. The highest BCUT2D eigenvalue weighted by molar-refractivity contribution is 7.83. The van der Waals surface area contributed by atoms with E-state index in [0.717, 1.165) is 32.4 Å². The second-order valence-electron chi connectivity index (χ2n) is 6.18. The Morgan fingerprint density at radius 1 is 1.16 bits per heavy atom. The first kappa shape index (κ1) is 21.8. The van der Waals surface area contributed by atoms with Crippen molar-refractivity contribution in [2.45, 2.75) is 45.1 Å². The van der Waals surface area contributed by atoms with E-state index in [1.54, 1.807) is 23.8 Å². The molecule has 4 nitrogen and oxygen atoms in total. The minimum atomic E-state index is 0.333. The number of nitrogens with two attached hydrogens (primary N) is 1. The first-order valence-corrected chi connectivity index (χ1v) is 9.57. The lowest BCUT2D eigenvalue weighted by Gasteiger charge is -2.18. The van der Waals surface area contributed by atoms with Crippen LogP contribution in [0.3, 0.4) is 0 Å². The van der Waals surface area contributed by atoms with Crippen LogP contribution >= 0.6 is 12.6 Å². The summed E-state index contributed by atoms with van der Waals surface area (Å²) in [5.74, 6) is 0.418. The summed E-state index contributed by atoms with van der Waals surface area (Å²) in [5, 5.41) is 5.18. The van der Waals surface area contributed by atoms with Crippen molar-refractivity contribution in [2.24, 2.45) is 5.73 Å². The third-order valence-electron chi connectivity index (χ3n) is 4.24. The van der Waals surface area contributed by atoms with Gasteiger partial charge in [0.05, 0.1) is 0 Å². The predicted molar refractivity (Wildman–Crippen MR) is 111 cm³/mol. The minimum Gasteiger partial charge on any atom is -0.416 e. The Balaban J connectivity index is 2.21. The number of allylic oxidation sites excluding steroid dienone is 2. The maximum atomic E-state index is 5.95. The van der Waals surface area contributed by atoms with Crippen LogP contribution in [-0.2, 0) is 4.84 Å². The lowest BCUT2D eigenvalue weighted by atomic mass is 9.95. The van der Waals surface area contributed by atoms with Gasteiger partial charge in [0.2, 0.25) is 0 Å². The summed E-state index contributed by atoms with van der Waals surface area (Å²) in [4.78, 5) is 5.31. The van der Waals surface area contributed by atoms with Gasteiger partial charge >= 0.3 is 0 Å². The van der Waals surface area contributed by atoms with E-state index in [2.05, 4.69) is 61.5 Å². The summed E-state index contributed by atoms with van der Waals surface area (Å²) < 4.78 is 0. The van der Waals surface area contributed by atoms with Gasteiger partial charge in [0, 0.05) is 6.04 Å². The zero-order valence-electron chi connectivity index (χ0n) is 15.4. The van der Waals surface area contributed by atoms with Crippen LogP contribution in [0.25, 0.3) is 0 Å². The molecule has 0 fully saturated rings. The van der Waals surface area contributed by atoms with Gasteiger partial charge in [-0.25, -0.2) is 0 Å². The van der Waals surface area contributed by atoms with E-state index in [1.807, 2.05) is 0 Å². The van der Waals surface area contributed by atoms with Crippen LogP contribution in [0.4, 0.5) is 0 Å². The SMILES string of the molecule is CCC(CCNCCC(CN)c1ccc(C)cc1)NO/C=C/C=C\S. The molecule has 0 spiro atoms. The normalized spacial score (nSPS) is 14.2. The van der Waals surface area contributed by atoms with Gasteiger partial charge in [0.25, 0.3) is 0 Å². The topological polar surface area (TPSA) is 59.3 Å². The molecule has 0 bridgehead atoms. The standard InChI is InChI=1S/C20H33N3OS/c1-3-20(23-24-14-4-5-15-25)11-13-22-12-10-19(16-21)18-8-6-17(2)7-9-18/h4-9,14-15,19-20,22-23,25H,3,10-13,16,21H2,1-2H3/b14-4+,15-5-. The van der Waals surface area contributed by atoms with Crippen LogP contribution in [0.2, 0.25) is 0 Å². The Morgan fingerprint density at radius 3 is 2.52 bits per heavy atom. The van der Waals surface area contributed by atoms with Crippen LogP contribution < -0.4 is 16.5 Å². The van der Waals surface area contributed by atoms with E-state index in [-0.39, 0.29) is 0 Å². The molecule has 0 heterocycles. The second kappa shape index (κ2) is 14.0. The Hall–Kier alpha value is -1.27. The van der Waals surface area contributed by atoms with Crippen LogP contribution in [-0.4, -0.2) is 25.7 Å². The number of rotatable bonds is 13. The smallest absolute Gasteiger partial charge is 0.111 e. The molecule has 1 aromatic rings. The van der Waals surface area contributed by atoms with Crippen molar-refractivity contribution >= 4 is 12.6 Å². The number of hydrogen-bond acceptors (Lipinski definition) is 5. The van der Waals surface area contributed by atoms with Crippen molar-refractivity contribution in [1.82, 2.24) is 10.8 Å². The molecule has 0 aliphatic carbocycles. The second-order valence-corrected chi connectivity index (χ2v) is 6.48. The van der Waals surface area contributed by atoms with Crippen molar-refractivity contribution in [3.05, 3.63) is 59.2 Å². The molecule has 0 saturated carbocycles. The molecule has 25 heavy (non-hydrogen) atoms. The molecule has 1 rings (SSSR count). The highest BCUT2D eigenvalue weighted by atomic mass is 32.1. The maximum absolute atomic E-state index is 5.95. The average molecular weight is 364 g/mol. The Labute approximate surface area is 158 Å². The molecular weight excluding hydrogens is 330 g/mol. The average Bonchev–Trinajstić information content (AvgIpc) is 2.63. The number of thiol groups is 1. The number of hydroxylamine groups is 1. The van der Waals surface area contributed by atoms with Gasteiger partial charge in [-0.1, -0.05) is 42.8 Å². The number of nitrogens with one attached hydrogen (secondary N) is 2. The highest BCUT2D eigenvalue weighted by Gasteiger charge is 2.09. The molecule has 5 heteroatoms. The van der Waals surface area contributed by atoms with E-state index in [9.17, 15) is 0 Å². The van der Waals surface area contributed by atoms with Gasteiger partial charge in [-0.3, -0.25) is 0 Å². The first-order chi connectivity index (χ1) is 12.2. The fraction of sp³-hybridized carbons (Fsp3) is 0.500. The van der Waals surface area contributed by atoms with Crippen LogP contribution in [0.15, 0.2) is 48.1 Å². The Morgan fingerprint density at radius 2 is 1.88 bits per heavy atom. The van der Waals surface area contributed by atoms with Gasteiger partial charge in [-0.2, -0.15) is 18.1 Å². The fourth-order valence-electron chi connectivity index (χ4n) is 2.55. The molecule has 4 N–H and O–H groups in total. The number of hydrogen-bond donors (Lipinski definition) is 4. The van der Waals surface area contributed by atoms with Gasteiger partial charge in [0.1, 0.15) is 6.26 Å². The summed E-state index contributed by atoms with van der Waals surface area (Å²) in [7, 11) is 0. The quantitative estimate of drug-likeness (QED) is 0.142. The molecule has 0 radical (unpaired) electrons. The molecule has 1 aromatic carbocycles. The summed E-state index contributed by atoms with van der Waals surface area (Å²) >= 11 is 3.97. The van der Waals surface area contributed by atoms with E-state index in [0.29, 0.717) is 18.5 Å². The van der Waals surface area contributed by atoms with Gasteiger partial charge in [0.15, 0.2) is 0 Å². The zero-order valence-corrected chi connectivity index (χ0v) is 16.3. The molecule has 0 aromatic heterocycles. The zero-order chi connectivity index (χ0) is 18.3. The van der Waals surface area contributed by atoms with Crippen molar-refractivity contribution in [2.75, 3.05) is 19.6 Å². The molecular formula is C20H33N3OS. The number of benzene rings is 1. The minimum absolute atomic E-state index is 0.333. The Kier molecular flexibility index (Phi) is 12.2. The predicted octanol–water partition coefficient (Wildman–Crippen LogP) is 3.66. The van der Waals surface area contributed by atoms with Crippen molar-refractivity contribution in [3.63, 3.8) is 0 Å². The van der Waals surface area contributed by atoms with Crippen LogP contribution in [0.5, 0.6) is 0 Å². The van der Waals surface area contributed by atoms with E-state index >= 15 is 0 Å². The summed E-state index contributed by atoms with van der Waals surface area (Å²) in [5.41, 5.74) is 11.6. The van der Waals surface area contributed by atoms with Crippen LogP contribution in [0.1, 0.15) is 43.2 Å². The summed E-state index contributed by atoms with van der Waals surface area (Å²) in [6, 6.07) is 9.03. The molecule has 0 aliphatic heterocycles. The fourth-order valence-corrected chi connectivity index (χ4v) is 2.65. The molecule has 2 unspecified atom stereocenters. The van der Waals surface area contributed by atoms with Crippen LogP contribution in [0, 0.1) is 6.92 Å². The largest absolute Gasteiger partial charge is 0.416 e. The van der Waals surface area contributed by atoms with Crippen molar-refractivity contribution in [1.29, 1.82) is 0 Å². The van der Waals surface area contributed by atoms with E-state index < -0.39 is 0 Å². The molecule has 0 saturated heterocycles. The van der Waals surface area contributed by atoms with E-state index in [4.69, 9.17) is 10.6 Å². The highest BCUT2D eigenvalue weighted by Crippen LogP contribution is 2.18. The molecule has 2 atom stereocenters. The van der Waals surface area contributed by atoms with Gasteiger partial charge in [-0.15, -0.1) is 0 Å². The monoisotopic (exact) mass is 363 g/mol. The third-order valence-corrected chi connectivity index (χ3v) is 4.42. The molecule has 0 aliphatic rings. The Bertz CT molecular complexity index is 502. The van der Waals surface area contributed by atoms with Crippen molar-refractivity contribution < 1.29 is 4.84 Å². The van der Waals surface area contributed by atoms with Gasteiger partial charge < -0.3 is 15.9 Å². The molecule has 0 amide bonds. The number of aryl methyl sites for hydroxylation is 1. The summed E-state index contributed by atoms with van der Waals surface area (Å²) in [6.07, 6.45) is 8.31. The van der Waals surface area contributed by atoms with E-state index in [1.165, 1.54) is 11.1 Å². The third kappa shape index (κ3) is 9.70. The maximum Gasteiger partial charge on any atom is 0.111 e. The first-order valence-electron chi connectivity index (χ1n) is 9.05. The van der Waals surface area contributed by atoms with Crippen molar-refractivity contribution in [3.8, 4) is 0 Å². The summed E-state index contributed by atoms with van der Waals surface area (Å²) in [6.45, 7) is 6.88.